The van der Waals surface area contributed by atoms with Crippen molar-refractivity contribution in [2.45, 2.75) is 95.6 Å². The van der Waals surface area contributed by atoms with E-state index in [9.17, 15) is 24.0 Å². The zero-order chi connectivity index (χ0) is 50.8. The second kappa shape index (κ2) is 21.4. The van der Waals surface area contributed by atoms with Crippen molar-refractivity contribution >= 4 is 46.9 Å². The maximum Gasteiger partial charge on any atom is 0.328 e. The van der Waals surface area contributed by atoms with Gasteiger partial charge in [0.05, 0.1) is 17.7 Å². The first-order chi connectivity index (χ1) is 34.6. The van der Waals surface area contributed by atoms with Crippen LogP contribution in [0.15, 0.2) is 66.7 Å². The maximum absolute atomic E-state index is 16.2. The molecule has 14 nitrogen and oxygen atoms in total. The fourth-order valence-electron chi connectivity index (χ4n) is 11.8. The molecule has 0 unspecified atom stereocenters. The molecule has 9 rings (SSSR count). The van der Waals surface area contributed by atoms with Crippen molar-refractivity contribution in [2.75, 3.05) is 57.9 Å². The topological polar surface area (TPSA) is 173 Å². The normalized spacial score (nSPS) is 22.8. The standard InChI is InChI=1S/C55H63ClF2N6O8/c1-32-27-39(13-15-42(32)64-26-21-45(65)61-54(64)69)71-30-46(66)62-22-17-34(18-23-62)28-35-19-24-63(25-20-35)53(68)36-9-11-38(12-10-36)60-31-55(37-7-5-4-6-8-37)33(2)47-44(72-55)29-41(57)50(56)49(47)48-40(52(59)67)14-16-43(70-3)51(48)58/h4-8,13-16,27,29,33-36,38,60H,9-12,17-26,28,30-31H2,1-3H3,(H2,59,67)(H,61,65,69)/t33-,36?,38?,55-/m0/s1. The molecule has 1 saturated carbocycles. The van der Waals surface area contributed by atoms with Gasteiger partial charge in [0, 0.05) is 92.0 Å². The Balaban J connectivity index is 0.743. The van der Waals surface area contributed by atoms with E-state index in [0.29, 0.717) is 55.0 Å². The van der Waals surface area contributed by atoms with Crippen molar-refractivity contribution in [1.29, 1.82) is 0 Å². The van der Waals surface area contributed by atoms with Crippen LogP contribution in [0.2, 0.25) is 5.02 Å². The number of nitrogens with two attached hydrogens (primary N) is 1. The molecule has 5 aliphatic rings. The van der Waals surface area contributed by atoms with Crippen molar-refractivity contribution in [3.63, 3.8) is 0 Å². The zero-order valence-electron chi connectivity index (χ0n) is 41.1. The number of ether oxygens (including phenoxy) is 3. The first-order valence-corrected chi connectivity index (χ1v) is 25.6. The lowest BCUT2D eigenvalue weighted by atomic mass is 9.77. The van der Waals surface area contributed by atoms with Crippen LogP contribution < -0.4 is 35.5 Å². The summed E-state index contributed by atoms with van der Waals surface area (Å²) in [5, 5.41) is 5.73. The summed E-state index contributed by atoms with van der Waals surface area (Å²) < 4.78 is 49.9. The van der Waals surface area contributed by atoms with Crippen molar-refractivity contribution < 1.29 is 47.0 Å². The summed E-state index contributed by atoms with van der Waals surface area (Å²) in [7, 11) is 1.30. The van der Waals surface area contributed by atoms with Gasteiger partial charge in [-0.3, -0.25) is 29.4 Å². The number of anilines is 1. The number of urea groups is 1. The predicted molar refractivity (Wildman–Crippen MR) is 268 cm³/mol. The highest BCUT2D eigenvalue weighted by molar-refractivity contribution is 6.34. The number of fused-ring (bicyclic) bond motifs is 1. The second-order valence-corrected chi connectivity index (χ2v) is 20.5. The minimum atomic E-state index is -1.07. The smallest absolute Gasteiger partial charge is 0.328 e. The number of primary amides is 1. The van der Waals surface area contributed by atoms with Crippen molar-refractivity contribution in [3.05, 3.63) is 106 Å². The molecule has 382 valence electrons. The Morgan fingerprint density at radius 3 is 2.19 bits per heavy atom. The SMILES string of the molecule is COc1ccc(C(N)=O)c(-c2c(Cl)c(F)cc3c2[C@H](C)[C@@](CNC2CCC(C(=O)N4CCC(CC5CCN(C(=O)COc6ccc(N7CCC(=O)NC7=O)c(C)c6)CC5)CC4)CC2)(c2ccccc2)O3)c1F. The van der Waals surface area contributed by atoms with Gasteiger partial charge in [-0.05, 0) is 118 Å². The molecule has 4 aliphatic heterocycles. The van der Waals surface area contributed by atoms with Gasteiger partial charge in [-0.15, -0.1) is 0 Å². The highest BCUT2D eigenvalue weighted by Gasteiger charge is 2.50. The Morgan fingerprint density at radius 1 is 0.875 bits per heavy atom. The van der Waals surface area contributed by atoms with Crippen molar-refractivity contribution in [2.24, 2.45) is 23.5 Å². The number of methoxy groups -OCH3 is 1. The number of nitrogens with one attached hydrogen (secondary N) is 2. The van der Waals surface area contributed by atoms with Crippen LogP contribution in [0.5, 0.6) is 17.2 Å². The lowest BCUT2D eigenvalue weighted by Gasteiger charge is -2.39. The van der Waals surface area contributed by atoms with Gasteiger partial charge >= 0.3 is 6.03 Å². The monoisotopic (exact) mass is 1010 g/mol. The van der Waals surface area contributed by atoms with Gasteiger partial charge in [0.25, 0.3) is 5.91 Å². The number of amides is 6. The van der Waals surface area contributed by atoms with Gasteiger partial charge in [-0.2, -0.15) is 0 Å². The summed E-state index contributed by atoms with van der Waals surface area (Å²) in [6, 6.07) is 18.4. The van der Waals surface area contributed by atoms with Crippen LogP contribution in [0.4, 0.5) is 19.3 Å². The third-order valence-corrected chi connectivity index (χ3v) is 16.3. The third-order valence-electron chi connectivity index (χ3n) is 15.9. The quantitative estimate of drug-likeness (QED) is 0.112. The first kappa shape index (κ1) is 50.7. The molecule has 4 heterocycles. The van der Waals surface area contributed by atoms with Gasteiger partial charge < -0.3 is 35.1 Å². The van der Waals surface area contributed by atoms with E-state index in [4.69, 9.17) is 31.5 Å². The number of halogens is 3. The van der Waals surface area contributed by atoms with Crippen LogP contribution in [0.1, 0.15) is 104 Å². The van der Waals surface area contributed by atoms with Crippen LogP contribution in [-0.2, 0) is 20.0 Å². The fourth-order valence-corrected chi connectivity index (χ4v) is 12.1. The van der Waals surface area contributed by atoms with E-state index >= 15 is 8.78 Å². The molecule has 4 aromatic carbocycles. The molecular formula is C55H63ClF2N6O8. The number of carbonyl (C=O) groups excluding carboxylic acids is 5. The molecule has 4 aromatic rings. The van der Waals surface area contributed by atoms with Gasteiger partial charge in [0.1, 0.15) is 17.3 Å². The molecule has 6 amide bonds. The van der Waals surface area contributed by atoms with Crippen LogP contribution >= 0.6 is 11.6 Å². The Kier molecular flexibility index (Phi) is 15.1. The minimum absolute atomic E-state index is 0.00709. The summed E-state index contributed by atoms with van der Waals surface area (Å²) in [4.78, 5) is 69.1. The van der Waals surface area contributed by atoms with Gasteiger partial charge in [0.15, 0.2) is 23.8 Å². The molecule has 0 radical (unpaired) electrons. The summed E-state index contributed by atoms with van der Waals surface area (Å²) in [6.45, 7) is 7.25. The molecular weight excluding hydrogens is 946 g/mol. The average molecular weight is 1010 g/mol. The Morgan fingerprint density at radius 2 is 1.56 bits per heavy atom. The predicted octanol–water partition coefficient (Wildman–Crippen LogP) is 8.63. The lowest BCUT2D eigenvalue weighted by Crippen LogP contribution is -2.49. The summed E-state index contributed by atoms with van der Waals surface area (Å²) in [6.07, 6.45) is 8.23. The first-order valence-electron chi connectivity index (χ1n) is 25.2. The van der Waals surface area contributed by atoms with Crippen molar-refractivity contribution in [1.82, 2.24) is 20.4 Å². The summed E-state index contributed by atoms with van der Waals surface area (Å²) >= 11 is 6.70. The Labute approximate surface area is 423 Å². The largest absolute Gasteiger partial charge is 0.494 e. The number of imide groups is 1. The number of likely N-dealkylation sites (tertiary alicyclic amines) is 2. The molecule has 1 aliphatic carbocycles. The van der Waals surface area contributed by atoms with Gasteiger partial charge in [-0.1, -0.05) is 48.9 Å². The highest BCUT2D eigenvalue weighted by atomic mass is 35.5. The number of hydrogen-bond donors (Lipinski definition) is 3. The number of aryl methyl sites for hydroxylation is 1. The molecule has 4 fully saturated rings. The molecule has 0 spiro atoms. The Bertz CT molecular complexity index is 2720. The fraction of sp³-hybridized carbons (Fsp3) is 0.473. The molecule has 2 atom stereocenters. The number of nitrogens with zero attached hydrogens (tertiary/aromatic N) is 3. The van der Waals surface area contributed by atoms with E-state index in [-0.39, 0.29) is 75.9 Å². The highest BCUT2D eigenvalue weighted by Crippen LogP contribution is 2.56. The van der Waals surface area contributed by atoms with Crippen LogP contribution in [-0.4, -0.2) is 98.5 Å². The summed E-state index contributed by atoms with van der Waals surface area (Å²) in [5.74, 6) is -1.65. The van der Waals surface area contributed by atoms with Gasteiger partial charge in [0.2, 0.25) is 17.7 Å². The molecule has 0 bridgehead atoms. The molecule has 72 heavy (non-hydrogen) atoms. The molecule has 0 aromatic heterocycles. The zero-order valence-corrected chi connectivity index (χ0v) is 41.8. The number of rotatable bonds is 14. The average Bonchev–Trinajstić information content (AvgIpc) is 3.66. The van der Waals surface area contributed by atoms with E-state index in [0.717, 1.165) is 82.0 Å². The maximum atomic E-state index is 16.2. The van der Waals surface area contributed by atoms with Gasteiger partial charge in [-0.25, -0.2) is 13.6 Å². The minimum Gasteiger partial charge on any atom is -0.494 e. The number of hydrogen-bond acceptors (Lipinski definition) is 9. The molecule has 3 saturated heterocycles. The number of benzene rings is 4. The third kappa shape index (κ3) is 10.2. The van der Waals surface area contributed by atoms with Crippen molar-refractivity contribution in [3.8, 4) is 28.4 Å². The lowest BCUT2D eigenvalue weighted by molar-refractivity contribution is -0.138. The van der Waals surface area contributed by atoms with Crippen LogP contribution in [0, 0.1) is 36.3 Å². The number of piperidine rings is 2. The van der Waals surface area contributed by atoms with Crippen LogP contribution in [0.3, 0.4) is 0 Å². The molecule has 17 heteroatoms. The Hall–Kier alpha value is -6.26. The van der Waals surface area contributed by atoms with Crippen LogP contribution in [0.25, 0.3) is 11.1 Å². The molecule has 4 N–H and O–H groups in total. The van der Waals surface area contributed by atoms with E-state index in [2.05, 4.69) is 15.5 Å². The second-order valence-electron chi connectivity index (χ2n) is 20.2. The van der Waals surface area contributed by atoms with E-state index in [1.165, 1.54) is 30.2 Å². The van der Waals surface area contributed by atoms with E-state index in [1.807, 2.05) is 49.1 Å². The number of carbonyl (C=O) groups is 5. The summed E-state index contributed by atoms with van der Waals surface area (Å²) in [5.41, 5.74) is 7.02. The van der Waals surface area contributed by atoms with E-state index in [1.54, 1.807) is 18.2 Å². The van der Waals surface area contributed by atoms with E-state index < -0.39 is 35.1 Å².